The van der Waals surface area contributed by atoms with Gasteiger partial charge in [0.2, 0.25) is 17.2 Å². The molecule has 0 radical (unpaired) electrons. The minimum absolute atomic E-state index is 0.00122. The summed E-state index contributed by atoms with van der Waals surface area (Å²) in [6.07, 6.45) is 4.46. The molecule has 1 unspecified atom stereocenters. The number of carbonyl (C=O) groups is 2. The number of unbranched alkanes of at least 4 members (excludes halogenated alkanes) is 1. The van der Waals surface area contributed by atoms with Gasteiger partial charge in [-0.25, -0.2) is 0 Å². The molecule has 34 heavy (non-hydrogen) atoms. The maximum Gasteiger partial charge on any atom is 0.268 e. The second-order valence-electron chi connectivity index (χ2n) is 8.70. The van der Waals surface area contributed by atoms with Gasteiger partial charge in [0.05, 0.1) is 11.7 Å². The maximum atomic E-state index is 12.7. The van der Waals surface area contributed by atoms with Crippen molar-refractivity contribution in [3.8, 4) is 5.75 Å². The molecule has 194 valence electrons. The van der Waals surface area contributed by atoms with Gasteiger partial charge in [0.15, 0.2) is 5.75 Å². The van der Waals surface area contributed by atoms with Crippen LogP contribution in [-0.4, -0.2) is 63.2 Å². The smallest absolute Gasteiger partial charge is 0.268 e. The van der Waals surface area contributed by atoms with Crippen LogP contribution in [0.4, 0.5) is 0 Å². The van der Waals surface area contributed by atoms with Gasteiger partial charge in [-0.15, -0.1) is 0 Å². The highest BCUT2D eigenvalue weighted by molar-refractivity contribution is 5.88. The molecule has 1 aromatic rings. The molecule has 6 N–H and O–H groups in total. The van der Waals surface area contributed by atoms with Crippen molar-refractivity contribution in [3.05, 3.63) is 26.0 Å². The molecule has 0 aromatic heterocycles. The third-order valence-corrected chi connectivity index (χ3v) is 5.20. The zero-order valence-corrected chi connectivity index (χ0v) is 21.0. The van der Waals surface area contributed by atoms with Gasteiger partial charge in [-0.05, 0) is 78.7 Å². The minimum Gasteiger partial charge on any atom is -0.486 e. The number of amides is 2. The standard InChI is InChI=1S/C24H43N5O5/c1-4-9-20(30)29-19(16-18-21(31)22(32)23(18)34-17(2)3)24(33)28-15-8-14-27-12-6-5-11-26-13-7-10-25/h17,19,26-27H,4-16,25H2,1-3H3,(H,28,33)(H,29,30). The Morgan fingerprint density at radius 2 is 1.53 bits per heavy atom. The Balaban J connectivity index is 2.44. The molecule has 1 aromatic carbocycles. The summed E-state index contributed by atoms with van der Waals surface area (Å²) in [5.41, 5.74) is 4.28. The second kappa shape index (κ2) is 17.2. The normalized spacial score (nSPS) is 12.1. The fraction of sp³-hybridized carbons (Fsp3) is 0.750. The van der Waals surface area contributed by atoms with Gasteiger partial charge in [0, 0.05) is 19.4 Å². The molecule has 0 spiro atoms. The molecule has 0 bridgehead atoms. The van der Waals surface area contributed by atoms with Gasteiger partial charge >= 0.3 is 0 Å². The number of nitrogens with one attached hydrogen (secondary N) is 4. The summed E-state index contributed by atoms with van der Waals surface area (Å²) >= 11 is 0. The van der Waals surface area contributed by atoms with E-state index >= 15 is 0 Å². The molecule has 0 aliphatic carbocycles. The van der Waals surface area contributed by atoms with Gasteiger partial charge in [0.25, 0.3) is 5.43 Å². The molecular formula is C24H43N5O5. The minimum atomic E-state index is -0.934. The van der Waals surface area contributed by atoms with Crippen molar-refractivity contribution in [1.82, 2.24) is 21.3 Å². The quantitative estimate of drug-likeness (QED) is 0.126. The Morgan fingerprint density at radius 1 is 0.912 bits per heavy atom. The Morgan fingerprint density at radius 3 is 2.12 bits per heavy atom. The Labute approximate surface area is 202 Å². The van der Waals surface area contributed by atoms with Crippen molar-refractivity contribution in [3.63, 3.8) is 0 Å². The highest BCUT2D eigenvalue weighted by Crippen LogP contribution is 2.15. The molecule has 1 rings (SSSR count). The van der Waals surface area contributed by atoms with E-state index in [1.807, 2.05) is 6.92 Å². The molecule has 10 nitrogen and oxygen atoms in total. The summed E-state index contributed by atoms with van der Waals surface area (Å²) in [5.74, 6) is -0.648. The summed E-state index contributed by atoms with van der Waals surface area (Å²) in [7, 11) is 0. The van der Waals surface area contributed by atoms with Crippen molar-refractivity contribution in [2.24, 2.45) is 5.73 Å². The molecule has 0 saturated heterocycles. The van der Waals surface area contributed by atoms with Gasteiger partial charge in [-0.2, -0.15) is 0 Å². The zero-order valence-electron chi connectivity index (χ0n) is 21.0. The third kappa shape index (κ3) is 11.2. The fourth-order valence-electron chi connectivity index (χ4n) is 3.40. The number of carbonyl (C=O) groups excluding carboxylic acids is 2. The molecule has 1 atom stereocenters. The number of ether oxygens (including phenoxy) is 1. The first-order chi connectivity index (χ1) is 16.3. The van der Waals surface area contributed by atoms with Crippen LogP contribution >= 0.6 is 0 Å². The van der Waals surface area contributed by atoms with Crippen molar-refractivity contribution >= 4 is 11.8 Å². The van der Waals surface area contributed by atoms with E-state index in [4.69, 9.17) is 10.5 Å². The van der Waals surface area contributed by atoms with E-state index in [1.54, 1.807) is 13.8 Å². The van der Waals surface area contributed by atoms with Gasteiger partial charge in [-0.3, -0.25) is 19.2 Å². The van der Waals surface area contributed by atoms with Crippen LogP contribution in [-0.2, 0) is 16.0 Å². The molecule has 0 aliphatic rings. The monoisotopic (exact) mass is 481 g/mol. The average molecular weight is 482 g/mol. The summed E-state index contributed by atoms with van der Waals surface area (Å²) in [6, 6.07) is -0.934. The van der Waals surface area contributed by atoms with E-state index in [-0.39, 0.29) is 42.1 Å². The zero-order chi connectivity index (χ0) is 25.3. The lowest BCUT2D eigenvalue weighted by molar-refractivity contribution is -0.129. The van der Waals surface area contributed by atoms with Crippen molar-refractivity contribution in [2.45, 2.75) is 77.9 Å². The first kappa shape index (κ1) is 29.7. The topological polar surface area (TPSA) is 152 Å². The SMILES string of the molecule is CCCC(=O)NC(Cc1c(OC(C)C)c(=O)c1=O)C(=O)NCCCNCCCCNCCCN. The lowest BCUT2D eigenvalue weighted by atomic mass is 9.99. The van der Waals surface area contributed by atoms with E-state index in [0.717, 1.165) is 51.9 Å². The summed E-state index contributed by atoms with van der Waals surface area (Å²) in [6.45, 7) is 10.1. The van der Waals surface area contributed by atoms with Crippen molar-refractivity contribution in [1.29, 1.82) is 0 Å². The van der Waals surface area contributed by atoms with Crippen LogP contribution in [0.15, 0.2) is 9.59 Å². The van der Waals surface area contributed by atoms with Crippen LogP contribution in [0.3, 0.4) is 0 Å². The average Bonchev–Trinajstić information content (AvgIpc) is 2.80. The predicted octanol–water partition coefficient (Wildman–Crippen LogP) is -0.288. The van der Waals surface area contributed by atoms with E-state index in [2.05, 4.69) is 21.3 Å². The highest BCUT2D eigenvalue weighted by atomic mass is 16.5. The molecule has 0 heterocycles. The van der Waals surface area contributed by atoms with Crippen LogP contribution < -0.4 is 42.6 Å². The fourth-order valence-corrected chi connectivity index (χ4v) is 3.40. The van der Waals surface area contributed by atoms with Gasteiger partial charge in [-0.1, -0.05) is 6.92 Å². The number of hydrogen-bond acceptors (Lipinski definition) is 8. The van der Waals surface area contributed by atoms with Crippen LogP contribution in [0.25, 0.3) is 0 Å². The van der Waals surface area contributed by atoms with Crippen molar-refractivity contribution < 1.29 is 14.3 Å². The van der Waals surface area contributed by atoms with Crippen LogP contribution in [0, 0.1) is 0 Å². The highest BCUT2D eigenvalue weighted by Gasteiger charge is 2.29. The van der Waals surface area contributed by atoms with Crippen molar-refractivity contribution in [2.75, 3.05) is 39.3 Å². The largest absolute Gasteiger partial charge is 0.486 e. The van der Waals surface area contributed by atoms with E-state index in [9.17, 15) is 19.2 Å². The molecule has 0 aliphatic heterocycles. The predicted molar refractivity (Wildman–Crippen MR) is 134 cm³/mol. The molecule has 10 heteroatoms. The van der Waals surface area contributed by atoms with Crippen LogP contribution in [0.2, 0.25) is 0 Å². The lowest BCUT2D eigenvalue weighted by Crippen LogP contribution is -2.50. The van der Waals surface area contributed by atoms with E-state index in [1.165, 1.54) is 0 Å². The lowest BCUT2D eigenvalue weighted by Gasteiger charge is -2.21. The van der Waals surface area contributed by atoms with Crippen LogP contribution in [0.1, 0.15) is 64.9 Å². The third-order valence-electron chi connectivity index (χ3n) is 5.20. The summed E-state index contributed by atoms with van der Waals surface area (Å²) in [4.78, 5) is 48.7. The Bertz CT molecular complexity index is 804. The number of nitrogens with two attached hydrogens (primary N) is 1. The molecule has 0 saturated carbocycles. The van der Waals surface area contributed by atoms with Crippen LogP contribution in [0.5, 0.6) is 5.75 Å². The summed E-state index contributed by atoms with van der Waals surface area (Å²) in [5, 5.41) is 12.2. The molecule has 2 amide bonds. The number of rotatable bonds is 20. The first-order valence-corrected chi connectivity index (χ1v) is 12.5. The van der Waals surface area contributed by atoms with Gasteiger partial charge in [0.1, 0.15) is 6.04 Å². The Kier molecular flexibility index (Phi) is 15.0. The first-order valence-electron chi connectivity index (χ1n) is 12.5. The maximum absolute atomic E-state index is 12.7. The molecular weight excluding hydrogens is 438 g/mol. The summed E-state index contributed by atoms with van der Waals surface area (Å²) < 4.78 is 5.44. The second-order valence-corrected chi connectivity index (χ2v) is 8.70. The Hall–Kier alpha value is -2.30. The van der Waals surface area contributed by atoms with E-state index < -0.39 is 16.9 Å². The number of hydrogen-bond donors (Lipinski definition) is 5. The van der Waals surface area contributed by atoms with E-state index in [0.29, 0.717) is 19.5 Å². The van der Waals surface area contributed by atoms with Gasteiger partial charge < -0.3 is 31.7 Å². The molecule has 0 fully saturated rings.